The molecule has 0 aromatic rings. The third kappa shape index (κ3) is 9.36. The Kier molecular flexibility index (Phi) is 5.73. The number of alkyl halides is 3. The third-order valence-electron chi connectivity index (χ3n) is 1.25. The smallest absolute Gasteiger partial charge is 0.368 e. The van der Waals surface area contributed by atoms with Gasteiger partial charge >= 0.3 is 6.18 Å². The Morgan fingerprint density at radius 1 is 1.54 bits per heavy atom. The summed E-state index contributed by atoms with van der Waals surface area (Å²) in [7, 11) is 0. The van der Waals surface area contributed by atoms with Crippen LogP contribution in [-0.4, -0.2) is 32.0 Å². The number of ether oxygens (including phenoxy) is 1. The second-order valence-electron chi connectivity index (χ2n) is 2.68. The van der Waals surface area contributed by atoms with Crippen LogP contribution in [0.1, 0.15) is 6.92 Å². The highest BCUT2D eigenvalue weighted by Crippen LogP contribution is 2.15. The first-order valence-electron chi connectivity index (χ1n) is 3.95. The molecule has 1 unspecified atom stereocenters. The Morgan fingerprint density at radius 3 is 2.62 bits per heavy atom. The van der Waals surface area contributed by atoms with Crippen LogP contribution in [0.15, 0.2) is 12.7 Å². The number of halogens is 3. The number of rotatable bonds is 6. The fraction of sp³-hybridized carbons (Fsp3) is 0.750. The van der Waals surface area contributed by atoms with Crippen molar-refractivity contribution in [1.29, 1.82) is 0 Å². The van der Waals surface area contributed by atoms with Gasteiger partial charge in [0.1, 0.15) is 6.61 Å². The van der Waals surface area contributed by atoms with E-state index in [0.29, 0.717) is 13.1 Å². The minimum atomic E-state index is -4.24. The Balaban J connectivity index is 3.40. The summed E-state index contributed by atoms with van der Waals surface area (Å²) < 4.78 is 39.5. The van der Waals surface area contributed by atoms with Crippen LogP contribution >= 0.6 is 0 Å². The molecule has 0 aromatic carbocycles. The number of nitrogens with one attached hydrogen (secondary N) is 1. The van der Waals surface area contributed by atoms with Gasteiger partial charge < -0.3 is 10.1 Å². The predicted octanol–water partition coefficient (Wildman–Crippen LogP) is 1.73. The lowest BCUT2D eigenvalue weighted by Crippen LogP contribution is -2.30. The quantitative estimate of drug-likeness (QED) is 0.517. The molecular weight excluding hydrogens is 183 g/mol. The lowest BCUT2D eigenvalue weighted by molar-refractivity contribution is -0.183. The molecule has 0 bridgehead atoms. The van der Waals surface area contributed by atoms with Crippen molar-refractivity contribution in [1.82, 2.24) is 5.32 Å². The van der Waals surface area contributed by atoms with E-state index < -0.39 is 18.9 Å². The zero-order chi connectivity index (χ0) is 10.3. The largest absolute Gasteiger partial charge is 0.411 e. The zero-order valence-corrected chi connectivity index (χ0v) is 7.53. The van der Waals surface area contributed by atoms with Gasteiger partial charge in [-0.1, -0.05) is 6.08 Å². The normalized spacial score (nSPS) is 14.2. The van der Waals surface area contributed by atoms with Crippen molar-refractivity contribution >= 4 is 0 Å². The summed E-state index contributed by atoms with van der Waals surface area (Å²) >= 11 is 0. The average Bonchev–Trinajstić information content (AvgIpc) is 2.00. The molecule has 13 heavy (non-hydrogen) atoms. The Hall–Kier alpha value is -0.550. The number of hydrogen-bond acceptors (Lipinski definition) is 2. The highest BCUT2D eigenvalue weighted by Gasteiger charge is 2.28. The summed E-state index contributed by atoms with van der Waals surface area (Å²) in [5, 5.41) is 2.86. The summed E-state index contributed by atoms with van der Waals surface area (Å²) in [6, 6.07) is 0. The van der Waals surface area contributed by atoms with Crippen molar-refractivity contribution in [2.45, 2.75) is 19.2 Å². The Bertz CT molecular complexity index is 147. The maximum atomic E-state index is 11.6. The van der Waals surface area contributed by atoms with Crippen LogP contribution in [0, 0.1) is 0 Å². The summed E-state index contributed by atoms with van der Waals surface area (Å²) in [4.78, 5) is 0. The van der Waals surface area contributed by atoms with Gasteiger partial charge in [-0.15, -0.1) is 6.58 Å². The predicted molar refractivity (Wildman–Crippen MR) is 44.5 cm³/mol. The highest BCUT2D eigenvalue weighted by molar-refractivity contribution is 4.70. The van der Waals surface area contributed by atoms with Crippen molar-refractivity contribution in [3.05, 3.63) is 12.7 Å². The van der Waals surface area contributed by atoms with E-state index in [2.05, 4.69) is 16.6 Å². The lowest BCUT2D eigenvalue weighted by Gasteiger charge is -2.14. The third-order valence-corrected chi connectivity index (χ3v) is 1.25. The Labute approximate surface area is 75.8 Å². The van der Waals surface area contributed by atoms with Crippen molar-refractivity contribution in [2.24, 2.45) is 0 Å². The molecule has 2 nitrogen and oxygen atoms in total. The average molecular weight is 197 g/mol. The molecule has 0 aliphatic heterocycles. The fourth-order valence-corrected chi connectivity index (χ4v) is 0.684. The van der Waals surface area contributed by atoms with E-state index in [4.69, 9.17) is 0 Å². The van der Waals surface area contributed by atoms with Crippen molar-refractivity contribution < 1.29 is 17.9 Å². The molecule has 0 radical (unpaired) electrons. The van der Waals surface area contributed by atoms with E-state index in [-0.39, 0.29) is 0 Å². The standard InChI is InChI=1S/C8H14F3NO/c1-3-4-12-5-7(2)13-6-8(9,10)11/h3,7,12H,1,4-6H2,2H3. The van der Waals surface area contributed by atoms with Gasteiger partial charge in [-0.05, 0) is 6.92 Å². The topological polar surface area (TPSA) is 21.3 Å². The van der Waals surface area contributed by atoms with Gasteiger partial charge in [0.2, 0.25) is 0 Å². The molecule has 1 atom stereocenters. The molecule has 0 aromatic heterocycles. The minimum Gasteiger partial charge on any atom is -0.368 e. The van der Waals surface area contributed by atoms with Crippen LogP contribution in [0.4, 0.5) is 13.2 Å². The highest BCUT2D eigenvalue weighted by atomic mass is 19.4. The number of hydrogen-bond donors (Lipinski definition) is 1. The molecule has 0 aliphatic rings. The molecule has 1 N–H and O–H groups in total. The monoisotopic (exact) mass is 197 g/mol. The summed E-state index contributed by atoms with van der Waals surface area (Å²) in [6.45, 7) is 4.81. The molecule has 0 fully saturated rings. The SMILES string of the molecule is C=CCNCC(C)OCC(F)(F)F. The molecular formula is C8H14F3NO. The lowest BCUT2D eigenvalue weighted by atomic mass is 10.4. The van der Waals surface area contributed by atoms with Gasteiger partial charge in [0, 0.05) is 13.1 Å². The second-order valence-corrected chi connectivity index (χ2v) is 2.68. The van der Waals surface area contributed by atoms with Gasteiger partial charge in [0.15, 0.2) is 0 Å². The second kappa shape index (κ2) is 5.99. The molecule has 0 spiro atoms. The molecule has 0 saturated carbocycles. The van der Waals surface area contributed by atoms with Crippen LogP contribution in [0.2, 0.25) is 0 Å². The van der Waals surface area contributed by atoms with Gasteiger partial charge in [-0.25, -0.2) is 0 Å². The first-order valence-corrected chi connectivity index (χ1v) is 3.95. The van der Waals surface area contributed by atoms with E-state index in [1.165, 1.54) is 0 Å². The van der Waals surface area contributed by atoms with E-state index in [1.807, 2.05) is 0 Å². The van der Waals surface area contributed by atoms with Crippen molar-refractivity contribution in [3.8, 4) is 0 Å². The maximum Gasteiger partial charge on any atom is 0.411 e. The molecule has 78 valence electrons. The van der Waals surface area contributed by atoms with Crippen LogP contribution < -0.4 is 5.32 Å². The fourth-order valence-electron chi connectivity index (χ4n) is 0.684. The van der Waals surface area contributed by atoms with E-state index >= 15 is 0 Å². The summed E-state index contributed by atoms with van der Waals surface area (Å²) in [5.41, 5.74) is 0. The first kappa shape index (κ1) is 12.4. The molecule has 0 saturated heterocycles. The van der Waals surface area contributed by atoms with E-state index in [0.717, 1.165) is 0 Å². The first-order chi connectivity index (χ1) is 5.95. The van der Waals surface area contributed by atoms with Crippen LogP contribution in [0.25, 0.3) is 0 Å². The maximum absolute atomic E-state index is 11.6. The van der Waals surface area contributed by atoms with Gasteiger partial charge in [0.05, 0.1) is 6.10 Å². The zero-order valence-electron chi connectivity index (χ0n) is 7.53. The van der Waals surface area contributed by atoms with Crippen LogP contribution in [-0.2, 0) is 4.74 Å². The van der Waals surface area contributed by atoms with E-state index in [9.17, 15) is 13.2 Å². The van der Waals surface area contributed by atoms with Crippen LogP contribution in [0.3, 0.4) is 0 Å². The molecule has 0 amide bonds. The van der Waals surface area contributed by atoms with Gasteiger partial charge in [-0.2, -0.15) is 13.2 Å². The molecule has 0 heterocycles. The molecule has 5 heteroatoms. The van der Waals surface area contributed by atoms with Crippen molar-refractivity contribution in [2.75, 3.05) is 19.7 Å². The van der Waals surface area contributed by atoms with Gasteiger partial charge in [0.25, 0.3) is 0 Å². The summed E-state index contributed by atoms with van der Waals surface area (Å²) in [6.07, 6.45) is -3.05. The molecule has 0 aliphatic carbocycles. The summed E-state index contributed by atoms with van der Waals surface area (Å²) in [5.74, 6) is 0. The molecule has 0 rings (SSSR count). The van der Waals surface area contributed by atoms with E-state index in [1.54, 1.807) is 13.0 Å². The minimum absolute atomic E-state index is 0.391. The van der Waals surface area contributed by atoms with Crippen molar-refractivity contribution in [3.63, 3.8) is 0 Å². The van der Waals surface area contributed by atoms with Gasteiger partial charge in [-0.3, -0.25) is 0 Å². The Morgan fingerprint density at radius 2 is 2.15 bits per heavy atom. The van der Waals surface area contributed by atoms with Crippen LogP contribution in [0.5, 0.6) is 0 Å².